The Morgan fingerprint density at radius 1 is 1.06 bits per heavy atom. The van der Waals surface area contributed by atoms with Crippen LogP contribution in [0.2, 0.25) is 0 Å². The third kappa shape index (κ3) is 3.92. The molecule has 0 unspecified atom stereocenters. The molecule has 0 spiro atoms. The van der Waals surface area contributed by atoms with Crippen molar-refractivity contribution in [3.8, 4) is 0 Å². The van der Waals surface area contributed by atoms with E-state index in [0.717, 1.165) is 0 Å². The monoisotopic (exact) mass is 241 g/mol. The van der Waals surface area contributed by atoms with E-state index < -0.39 is 36.9 Å². The van der Waals surface area contributed by atoms with Crippen LogP contribution in [0, 0.1) is 0 Å². The van der Waals surface area contributed by atoms with Crippen molar-refractivity contribution in [1.29, 1.82) is 0 Å². The van der Waals surface area contributed by atoms with Gasteiger partial charge in [-0.2, -0.15) is 0 Å². The van der Waals surface area contributed by atoms with E-state index in [1.54, 1.807) is 0 Å². The average Bonchev–Trinajstić information content (AvgIpc) is 2.24. The number of hydrogen-bond donors (Lipinski definition) is 8. The maximum atomic E-state index is 9.33. The SMILES string of the molecule is CCNC(O)(O)[C@H](O)[C@@H](O)[C@H](O)[C@H](O)CO. The third-order valence-electron chi connectivity index (χ3n) is 2.10. The predicted octanol–water partition coefficient (Wildman–Crippen LogP) is -4.33. The normalized spacial score (nSPS) is 20.2. The number of nitrogens with one attached hydrogen (secondary N) is 1. The molecule has 0 rings (SSSR count). The molecule has 8 nitrogen and oxygen atoms in total. The maximum Gasteiger partial charge on any atom is 0.252 e. The summed E-state index contributed by atoms with van der Waals surface area (Å²) in [6.07, 6.45) is -7.78. The zero-order valence-electron chi connectivity index (χ0n) is 8.85. The van der Waals surface area contributed by atoms with Crippen molar-refractivity contribution in [2.75, 3.05) is 13.2 Å². The molecule has 0 aromatic rings. The van der Waals surface area contributed by atoms with E-state index in [-0.39, 0.29) is 6.54 Å². The first kappa shape index (κ1) is 15.7. The third-order valence-corrected chi connectivity index (χ3v) is 2.10. The molecule has 0 heterocycles. The second kappa shape index (κ2) is 6.42. The first-order valence-corrected chi connectivity index (χ1v) is 4.80. The van der Waals surface area contributed by atoms with Gasteiger partial charge in [0.25, 0.3) is 5.91 Å². The van der Waals surface area contributed by atoms with Gasteiger partial charge in [-0.05, 0) is 6.54 Å². The number of aliphatic hydroxyl groups excluding tert-OH is 5. The number of aliphatic hydroxyl groups is 7. The van der Waals surface area contributed by atoms with E-state index in [4.69, 9.17) is 10.2 Å². The molecule has 0 saturated heterocycles. The Kier molecular flexibility index (Phi) is 6.30. The zero-order chi connectivity index (χ0) is 12.9. The van der Waals surface area contributed by atoms with Gasteiger partial charge in [-0.1, -0.05) is 6.92 Å². The highest BCUT2D eigenvalue weighted by Crippen LogP contribution is 2.12. The summed E-state index contributed by atoms with van der Waals surface area (Å²) in [6.45, 7) is 0.782. The summed E-state index contributed by atoms with van der Waals surface area (Å²) in [4.78, 5) is 0. The minimum atomic E-state index is -2.80. The van der Waals surface area contributed by atoms with Gasteiger partial charge in [0.05, 0.1) is 6.61 Å². The minimum absolute atomic E-state index is 0.0927. The molecule has 8 N–H and O–H groups in total. The molecule has 8 heteroatoms. The lowest BCUT2D eigenvalue weighted by atomic mass is 10.0. The van der Waals surface area contributed by atoms with Crippen LogP contribution >= 0.6 is 0 Å². The van der Waals surface area contributed by atoms with Crippen molar-refractivity contribution < 1.29 is 35.7 Å². The quantitative estimate of drug-likeness (QED) is 0.208. The van der Waals surface area contributed by atoms with Crippen LogP contribution in [0.15, 0.2) is 0 Å². The molecule has 4 atom stereocenters. The first-order valence-electron chi connectivity index (χ1n) is 4.80. The van der Waals surface area contributed by atoms with Crippen molar-refractivity contribution >= 4 is 0 Å². The van der Waals surface area contributed by atoms with Crippen LogP contribution < -0.4 is 5.32 Å². The van der Waals surface area contributed by atoms with Crippen molar-refractivity contribution in [1.82, 2.24) is 5.32 Å². The fraction of sp³-hybridized carbons (Fsp3) is 1.00. The molecular formula is C8H19NO7. The van der Waals surface area contributed by atoms with Crippen molar-refractivity contribution in [3.63, 3.8) is 0 Å². The minimum Gasteiger partial charge on any atom is -0.394 e. The summed E-state index contributed by atoms with van der Waals surface area (Å²) in [5, 5.41) is 65.9. The van der Waals surface area contributed by atoms with Crippen LogP contribution in [0.1, 0.15) is 6.92 Å². The van der Waals surface area contributed by atoms with Crippen LogP contribution in [0.25, 0.3) is 0 Å². The Bertz CT molecular complexity index is 201. The number of rotatable bonds is 7. The van der Waals surface area contributed by atoms with Gasteiger partial charge < -0.3 is 35.7 Å². The highest BCUT2D eigenvalue weighted by atomic mass is 16.5. The molecule has 0 radical (unpaired) electrons. The Labute approximate surface area is 92.4 Å². The molecule has 0 aromatic carbocycles. The molecule has 0 amide bonds. The standard InChI is InChI=1S/C8H19NO7/c1-2-9-8(15,16)7(14)6(13)5(12)4(11)3-10/h4-7,9-16H,2-3H2,1H3/t4-,5-,6+,7-/m1/s1. The summed E-state index contributed by atoms with van der Waals surface area (Å²) in [5.74, 6) is -2.80. The van der Waals surface area contributed by atoms with E-state index in [1.165, 1.54) is 6.92 Å². The van der Waals surface area contributed by atoms with Crippen LogP contribution in [-0.2, 0) is 0 Å². The van der Waals surface area contributed by atoms with E-state index >= 15 is 0 Å². The lowest BCUT2D eigenvalue weighted by Gasteiger charge is -2.33. The largest absolute Gasteiger partial charge is 0.394 e. The second-order valence-electron chi connectivity index (χ2n) is 3.43. The molecule has 16 heavy (non-hydrogen) atoms. The summed E-state index contributed by atoms with van der Waals surface area (Å²) in [6, 6.07) is 0. The van der Waals surface area contributed by atoms with Crippen LogP contribution in [0.4, 0.5) is 0 Å². The molecule has 0 aliphatic rings. The van der Waals surface area contributed by atoms with Gasteiger partial charge >= 0.3 is 0 Å². The lowest BCUT2D eigenvalue weighted by molar-refractivity contribution is -0.277. The van der Waals surface area contributed by atoms with E-state index in [9.17, 15) is 25.5 Å². The van der Waals surface area contributed by atoms with Crippen LogP contribution in [0.5, 0.6) is 0 Å². The van der Waals surface area contributed by atoms with E-state index in [0.29, 0.717) is 0 Å². The van der Waals surface area contributed by atoms with Crippen LogP contribution in [0.3, 0.4) is 0 Å². The van der Waals surface area contributed by atoms with Gasteiger partial charge in [-0.3, -0.25) is 5.32 Å². The smallest absolute Gasteiger partial charge is 0.252 e. The molecule has 0 aliphatic heterocycles. The molecule has 0 aliphatic carbocycles. The second-order valence-corrected chi connectivity index (χ2v) is 3.43. The molecule has 0 fully saturated rings. The number of hydrogen-bond acceptors (Lipinski definition) is 8. The molecule has 0 bridgehead atoms. The average molecular weight is 241 g/mol. The number of likely N-dealkylation sites (N-methyl/N-ethyl adjacent to an activating group) is 1. The summed E-state index contributed by atoms with van der Waals surface area (Å²) in [7, 11) is 0. The van der Waals surface area contributed by atoms with E-state index in [2.05, 4.69) is 5.32 Å². The Hall–Kier alpha value is -0.320. The summed E-state index contributed by atoms with van der Waals surface area (Å²) < 4.78 is 0. The predicted molar refractivity (Wildman–Crippen MR) is 52.0 cm³/mol. The zero-order valence-corrected chi connectivity index (χ0v) is 8.85. The maximum absolute atomic E-state index is 9.33. The Morgan fingerprint density at radius 2 is 1.56 bits per heavy atom. The van der Waals surface area contributed by atoms with Crippen molar-refractivity contribution in [3.05, 3.63) is 0 Å². The van der Waals surface area contributed by atoms with Gasteiger partial charge in [0, 0.05) is 0 Å². The van der Waals surface area contributed by atoms with Gasteiger partial charge in [-0.15, -0.1) is 0 Å². The lowest BCUT2D eigenvalue weighted by Crippen LogP contribution is -2.62. The highest BCUT2D eigenvalue weighted by Gasteiger charge is 2.42. The highest BCUT2D eigenvalue weighted by molar-refractivity contribution is 4.86. The van der Waals surface area contributed by atoms with Crippen LogP contribution in [-0.4, -0.2) is 79.2 Å². The topological polar surface area (TPSA) is 154 Å². The van der Waals surface area contributed by atoms with Crippen molar-refractivity contribution in [2.45, 2.75) is 37.3 Å². The van der Waals surface area contributed by atoms with Gasteiger partial charge in [-0.25, -0.2) is 0 Å². The van der Waals surface area contributed by atoms with Gasteiger partial charge in [0.2, 0.25) is 0 Å². The fourth-order valence-electron chi connectivity index (χ4n) is 1.13. The molecular weight excluding hydrogens is 222 g/mol. The van der Waals surface area contributed by atoms with Gasteiger partial charge in [0.15, 0.2) is 6.10 Å². The molecule has 98 valence electrons. The summed E-state index contributed by atoms with van der Waals surface area (Å²) >= 11 is 0. The molecule has 0 saturated carbocycles. The Balaban J connectivity index is 4.53. The first-order chi connectivity index (χ1) is 7.27. The summed E-state index contributed by atoms with van der Waals surface area (Å²) in [5.41, 5.74) is 0. The fourth-order valence-corrected chi connectivity index (χ4v) is 1.13. The Morgan fingerprint density at radius 3 is 1.94 bits per heavy atom. The van der Waals surface area contributed by atoms with E-state index in [1.807, 2.05) is 0 Å². The molecule has 0 aromatic heterocycles. The van der Waals surface area contributed by atoms with Gasteiger partial charge in [0.1, 0.15) is 18.3 Å². The van der Waals surface area contributed by atoms with Crippen molar-refractivity contribution in [2.24, 2.45) is 0 Å².